The van der Waals surface area contributed by atoms with Crippen LogP contribution in [0.4, 0.5) is 19.0 Å². The number of halogens is 5. The maximum Gasteiger partial charge on any atom is 0.416 e. The van der Waals surface area contributed by atoms with Gasteiger partial charge in [0.15, 0.2) is 5.69 Å². The zero-order chi connectivity index (χ0) is 18.8. The van der Waals surface area contributed by atoms with Gasteiger partial charge in [-0.25, -0.2) is 4.68 Å². The Morgan fingerprint density at radius 2 is 1.88 bits per heavy atom. The lowest BCUT2D eigenvalue weighted by atomic mass is 10.2. The number of rotatable bonds is 2. The molecule has 1 aromatic heterocycles. The van der Waals surface area contributed by atoms with Crippen molar-refractivity contribution in [3.63, 3.8) is 0 Å². The number of hydrogen-bond acceptors (Lipinski definition) is 4. The highest BCUT2D eigenvalue weighted by atomic mass is 35.5. The van der Waals surface area contributed by atoms with E-state index in [1.807, 2.05) is 0 Å². The van der Waals surface area contributed by atoms with Gasteiger partial charge < -0.3 is 10.8 Å². The number of benzene rings is 1. The van der Waals surface area contributed by atoms with Crippen LogP contribution in [0.1, 0.15) is 23.2 Å². The monoisotopic (exact) mass is 388 g/mol. The van der Waals surface area contributed by atoms with Crippen LogP contribution >= 0.6 is 23.2 Å². The molecule has 3 N–H and O–H groups in total. The molecule has 0 fully saturated rings. The number of alkyl halides is 3. The second kappa shape index (κ2) is 7.24. The van der Waals surface area contributed by atoms with E-state index in [9.17, 15) is 13.2 Å². The number of hydrogen-bond donors (Lipinski definition) is 2. The molecule has 0 atom stereocenters. The summed E-state index contributed by atoms with van der Waals surface area (Å²) in [6.07, 6.45) is -4.47. The lowest BCUT2D eigenvalue weighted by molar-refractivity contribution is -0.137. The molecule has 0 saturated heterocycles. The Balaban J connectivity index is 2.65. The molecule has 0 spiro atoms. The SMILES string of the molecule is N#Cc1nn(-c2c(Cl)cc(C(F)(F)F)cc2Cl)c(N)c1C#CCCO. The standard InChI is InChI=1S/C15H9Cl2F3N4O/c16-10-5-8(15(18,19)20)6-11(17)13(10)24-14(22)9(3-1-2-4-25)12(7-21)23-24/h5-6,25H,2,4,22H2. The fourth-order valence-corrected chi connectivity index (χ4v) is 2.59. The van der Waals surface area contributed by atoms with Crippen LogP contribution in [-0.2, 0) is 6.18 Å². The van der Waals surface area contributed by atoms with E-state index in [1.165, 1.54) is 0 Å². The summed E-state index contributed by atoms with van der Waals surface area (Å²) in [7, 11) is 0. The number of aliphatic hydroxyl groups excluding tert-OH is 1. The first-order chi connectivity index (χ1) is 11.7. The Morgan fingerprint density at radius 1 is 1.28 bits per heavy atom. The number of nitrogens with zero attached hydrogens (tertiary/aromatic N) is 3. The van der Waals surface area contributed by atoms with E-state index >= 15 is 0 Å². The molecule has 2 aromatic rings. The third-order valence-electron chi connectivity index (χ3n) is 3.03. The quantitative estimate of drug-likeness (QED) is 0.771. The highest BCUT2D eigenvalue weighted by Crippen LogP contribution is 2.38. The van der Waals surface area contributed by atoms with Crippen LogP contribution in [0, 0.1) is 23.2 Å². The largest absolute Gasteiger partial charge is 0.416 e. The van der Waals surface area contributed by atoms with Crippen LogP contribution in [0.25, 0.3) is 5.69 Å². The van der Waals surface area contributed by atoms with Gasteiger partial charge in [-0.1, -0.05) is 35.0 Å². The van der Waals surface area contributed by atoms with Crippen LogP contribution in [0.15, 0.2) is 12.1 Å². The lowest BCUT2D eigenvalue weighted by Gasteiger charge is -2.13. The van der Waals surface area contributed by atoms with Crippen molar-refractivity contribution < 1.29 is 18.3 Å². The number of anilines is 1. The maximum absolute atomic E-state index is 12.8. The van der Waals surface area contributed by atoms with Gasteiger partial charge in [0.25, 0.3) is 0 Å². The van der Waals surface area contributed by atoms with Crippen LogP contribution < -0.4 is 5.73 Å². The second-order valence-electron chi connectivity index (χ2n) is 4.69. The van der Waals surface area contributed by atoms with Crippen molar-refractivity contribution in [1.29, 1.82) is 5.26 Å². The van der Waals surface area contributed by atoms with Gasteiger partial charge in [-0.15, -0.1) is 0 Å². The summed E-state index contributed by atoms with van der Waals surface area (Å²) in [6.45, 7) is -0.181. The Morgan fingerprint density at radius 3 is 2.36 bits per heavy atom. The summed E-state index contributed by atoms with van der Waals surface area (Å²) < 4.78 is 39.4. The summed E-state index contributed by atoms with van der Waals surface area (Å²) >= 11 is 11.9. The van der Waals surface area contributed by atoms with E-state index in [0.717, 1.165) is 4.68 Å². The molecule has 0 aliphatic carbocycles. The summed E-state index contributed by atoms with van der Waals surface area (Å²) in [5.41, 5.74) is 4.71. The molecular formula is C15H9Cl2F3N4O. The zero-order valence-electron chi connectivity index (χ0n) is 12.3. The van der Waals surface area contributed by atoms with Gasteiger partial charge in [0, 0.05) is 6.42 Å². The van der Waals surface area contributed by atoms with Crippen LogP contribution in [0.5, 0.6) is 0 Å². The van der Waals surface area contributed by atoms with Crippen LogP contribution in [-0.4, -0.2) is 21.5 Å². The molecule has 5 nitrogen and oxygen atoms in total. The fraction of sp³-hybridized carbons (Fsp3) is 0.200. The topological polar surface area (TPSA) is 87.9 Å². The molecule has 0 radical (unpaired) electrons. The Bertz CT molecular complexity index is 897. The Kier molecular flexibility index (Phi) is 5.48. The fourth-order valence-electron chi connectivity index (χ4n) is 1.94. The minimum absolute atomic E-state index is 0.0722. The van der Waals surface area contributed by atoms with Gasteiger partial charge in [0.05, 0.1) is 22.2 Å². The maximum atomic E-state index is 12.8. The van der Waals surface area contributed by atoms with Crippen molar-refractivity contribution in [3.05, 3.63) is 39.0 Å². The summed E-state index contributed by atoms with van der Waals surface area (Å²) in [4.78, 5) is 0. The molecule has 0 aliphatic rings. The van der Waals surface area contributed by atoms with Gasteiger partial charge >= 0.3 is 6.18 Å². The summed E-state index contributed by atoms with van der Waals surface area (Å²) in [6, 6.07) is 3.16. The molecule has 0 amide bonds. The van der Waals surface area contributed by atoms with Crippen LogP contribution in [0.2, 0.25) is 10.0 Å². The van der Waals surface area contributed by atoms with E-state index in [-0.39, 0.29) is 45.8 Å². The number of nitriles is 1. The highest BCUT2D eigenvalue weighted by Gasteiger charge is 2.32. The lowest BCUT2D eigenvalue weighted by Crippen LogP contribution is -2.08. The molecule has 0 unspecified atom stereocenters. The first-order valence-electron chi connectivity index (χ1n) is 6.65. The second-order valence-corrected chi connectivity index (χ2v) is 5.51. The molecule has 25 heavy (non-hydrogen) atoms. The van der Waals surface area contributed by atoms with Crippen LogP contribution in [0.3, 0.4) is 0 Å². The van der Waals surface area contributed by atoms with Gasteiger partial charge in [-0.05, 0) is 12.1 Å². The summed E-state index contributed by atoms with van der Waals surface area (Å²) in [5.74, 6) is 5.08. The average Bonchev–Trinajstić information content (AvgIpc) is 2.83. The molecular weight excluding hydrogens is 380 g/mol. The summed E-state index contributed by atoms with van der Waals surface area (Å²) in [5, 5.41) is 21.1. The Hall–Kier alpha value is -2.39. The molecule has 0 aliphatic heterocycles. The molecule has 130 valence electrons. The third kappa shape index (κ3) is 3.83. The molecule has 0 bridgehead atoms. The normalized spacial score (nSPS) is 10.9. The average molecular weight is 389 g/mol. The van der Waals surface area contributed by atoms with Gasteiger partial charge in [0.1, 0.15) is 23.1 Å². The molecule has 2 rings (SSSR count). The smallest absolute Gasteiger partial charge is 0.395 e. The minimum atomic E-state index is -4.62. The van der Waals surface area contributed by atoms with Gasteiger partial charge in [-0.3, -0.25) is 0 Å². The molecule has 10 heteroatoms. The van der Waals surface area contributed by atoms with E-state index in [4.69, 9.17) is 39.3 Å². The number of aromatic nitrogens is 2. The predicted octanol–water partition coefficient (Wildman–Crippen LogP) is 3.39. The zero-order valence-corrected chi connectivity index (χ0v) is 13.8. The first-order valence-corrected chi connectivity index (χ1v) is 7.41. The van der Waals surface area contributed by atoms with E-state index in [0.29, 0.717) is 12.1 Å². The molecule has 1 aromatic carbocycles. The first kappa shape index (κ1) is 18.9. The van der Waals surface area contributed by atoms with E-state index in [2.05, 4.69) is 16.9 Å². The van der Waals surface area contributed by atoms with Crippen molar-refractivity contribution in [3.8, 4) is 23.6 Å². The van der Waals surface area contributed by atoms with E-state index < -0.39 is 11.7 Å². The van der Waals surface area contributed by atoms with Crippen molar-refractivity contribution >= 4 is 29.0 Å². The number of nitrogen functional groups attached to an aromatic ring is 1. The van der Waals surface area contributed by atoms with Crippen molar-refractivity contribution in [2.45, 2.75) is 12.6 Å². The predicted molar refractivity (Wildman–Crippen MR) is 86.3 cm³/mol. The third-order valence-corrected chi connectivity index (χ3v) is 3.61. The minimum Gasteiger partial charge on any atom is -0.395 e. The van der Waals surface area contributed by atoms with Crippen molar-refractivity contribution in [2.75, 3.05) is 12.3 Å². The highest BCUT2D eigenvalue weighted by molar-refractivity contribution is 6.38. The van der Waals surface area contributed by atoms with E-state index in [1.54, 1.807) is 6.07 Å². The molecule has 1 heterocycles. The number of aliphatic hydroxyl groups is 1. The van der Waals surface area contributed by atoms with Gasteiger partial charge in [0.2, 0.25) is 0 Å². The number of nitrogens with two attached hydrogens (primary N) is 1. The van der Waals surface area contributed by atoms with Gasteiger partial charge in [-0.2, -0.15) is 23.5 Å². The van der Waals surface area contributed by atoms with Crippen molar-refractivity contribution in [2.24, 2.45) is 0 Å². The Labute approximate surface area is 150 Å². The van der Waals surface area contributed by atoms with Crippen molar-refractivity contribution in [1.82, 2.24) is 9.78 Å². The molecule has 0 saturated carbocycles.